The van der Waals surface area contributed by atoms with Crippen LogP contribution in [0.1, 0.15) is 62.6 Å². The van der Waals surface area contributed by atoms with Gasteiger partial charge in [0.15, 0.2) is 0 Å². The molecule has 3 heteroatoms. The van der Waals surface area contributed by atoms with Crippen LogP contribution in [0.4, 0.5) is 0 Å². The van der Waals surface area contributed by atoms with Crippen LogP contribution in [0.2, 0.25) is 5.02 Å². The lowest BCUT2D eigenvalue weighted by Gasteiger charge is -2.44. The Morgan fingerprint density at radius 3 is 2.50 bits per heavy atom. The SMILES string of the molecule is C/C=C(\C(=C/C)C1(OCc2cc(C)ccc2Cl)CCC1)c1ccccc1OC1CC1. The number of aryl methyl sites for hydroxylation is 1. The first-order valence-electron chi connectivity index (χ1n) is 11.0. The highest BCUT2D eigenvalue weighted by molar-refractivity contribution is 6.31. The third-order valence-corrected chi connectivity index (χ3v) is 6.59. The number of hydrogen-bond acceptors (Lipinski definition) is 2. The van der Waals surface area contributed by atoms with Gasteiger partial charge in [-0.1, -0.05) is 59.6 Å². The monoisotopic (exact) mass is 422 g/mol. The lowest BCUT2D eigenvalue weighted by Crippen LogP contribution is -2.42. The van der Waals surface area contributed by atoms with Crippen molar-refractivity contribution in [1.29, 1.82) is 0 Å². The number of ether oxygens (including phenoxy) is 2. The summed E-state index contributed by atoms with van der Waals surface area (Å²) in [6, 6.07) is 14.5. The molecule has 0 radical (unpaired) electrons. The minimum Gasteiger partial charge on any atom is -0.490 e. The van der Waals surface area contributed by atoms with E-state index in [1.54, 1.807) is 0 Å². The van der Waals surface area contributed by atoms with E-state index in [1.165, 1.54) is 23.1 Å². The summed E-state index contributed by atoms with van der Waals surface area (Å²) < 4.78 is 12.9. The molecule has 0 N–H and O–H groups in total. The first kappa shape index (κ1) is 21.2. The van der Waals surface area contributed by atoms with Gasteiger partial charge in [0.25, 0.3) is 0 Å². The molecular formula is C27H31ClO2. The van der Waals surface area contributed by atoms with Gasteiger partial charge in [-0.2, -0.15) is 0 Å². The highest BCUT2D eigenvalue weighted by Gasteiger charge is 2.43. The molecule has 0 aromatic heterocycles. The number of benzene rings is 2. The summed E-state index contributed by atoms with van der Waals surface area (Å²) in [7, 11) is 0. The Bertz CT molecular complexity index is 965. The van der Waals surface area contributed by atoms with Gasteiger partial charge < -0.3 is 9.47 Å². The second kappa shape index (κ2) is 8.99. The number of rotatable bonds is 8. The molecule has 0 unspecified atom stereocenters. The van der Waals surface area contributed by atoms with Crippen LogP contribution in [0.25, 0.3) is 5.57 Å². The molecule has 0 amide bonds. The predicted octanol–water partition coefficient (Wildman–Crippen LogP) is 7.68. The zero-order valence-corrected chi connectivity index (χ0v) is 19.0. The van der Waals surface area contributed by atoms with Crippen molar-refractivity contribution in [1.82, 2.24) is 0 Å². The fraction of sp³-hybridized carbons (Fsp3) is 0.407. The van der Waals surface area contributed by atoms with Crippen molar-refractivity contribution in [3.8, 4) is 5.75 Å². The highest BCUT2D eigenvalue weighted by atomic mass is 35.5. The maximum absolute atomic E-state index is 6.64. The van der Waals surface area contributed by atoms with Gasteiger partial charge in [-0.15, -0.1) is 0 Å². The Labute approximate surface area is 185 Å². The molecule has 2 aromatic carbocycles. The Hall–Kier alpha value is -2.03. The van der Waals surface area contributed by atoms with Gasteiger partial charge in [0.1, 0.15) is 5.75 Å². The molecule has 2 aliphatic carbocycles. The second-order valence-corrected chi connectivity index (χ2v) is 8.86. The van der Waals surface area contributed by atoms with Gasteiger partial charge in [-0.3, -0.25) is 0 Å². The molecule has 2 fully saturated rings. The van der Waals surface area contributed by atoms with E-state index in [4.69, 9.17) is 21.1 Å². The maximum Gasteiger partial charge on any atom is 0.127 e. The van der Waals surface area contributed by atoms with E-state index in [9.17, 15) is 0 Å². The van der Waals surface area contributed by atoms with Crippen molar-refractivity contribution < 1.29 is 9.47 Å². The van der Waals surface area contributed by atoms with Crippen LogP contribution in [-0.2, 0) is 11.3 Å². The third-order valence-electron chi connectivity index (χ3n) is 6.22. The largest absolute Gasteiger partial charge is 0.490 e. The van der Waals surface area contributed by atoms with Gasteiger partial charge in [-0.25, -0.2) is 0 Å². The van der Waals surface area contributed by atoms with E-state index >= 15 is 0 Å². The van der Waals surface area contributed by atoms with E-state index < -0.39 is 0 Å². The lowest BCUT2D eigenvalue weighted by molar-refractivity contribution is -0.0778. The Morgan fingerprint density at radius 2 is 1.87 bits per heavy atom. The molecule has 0 heterocycles. The van der Waals surface area contributed by atoms with Crippen molar-refractivity contribution in [2.75, 3.05) is 0 Å². The van der Waals surface area contributed by atoms with Crippen LogP contribution in [0.3, 0.4) is 0 Å². The van der Waals surface area contributed by atoms with E-state index in [0.717, 1.165) is 47.6 Å². The third kappa shape index (κ3) is 4.36. The number of halogens is 1. The minimum absolute atomic E-state index is 0.267. The molecule has 2 aliphatic rings. The molecule has 2 aromatic rings. The molecule has 4 rings (SSSR count). The summed E-state index contributed by atoms with van der Waals surface area (Å²) in [5.74, 6) is 0.976. The molecule has 30 heavy (non-hydrogen) atoms. The fourth-order valence-electron chi connectivity index (χ4n) is 4.30. The van der Waals surface area contributed by atoms with E-state index in [1.807, 2.05) is 12.1 Å². The van der Waals surface area contributed by atoms with Gasteiger partial charge >= 0.3 is 0 Å². The minimum atomic E-state index is -0.267. The molecule has 0 saturated heterocycles. The Morgan fingerprint density at radius 1 is 1.10 bits per heavy atom. The fourth-order valence-corrected chi connectivity index (χ4v) is 4.47. The predicted molar refractivity (Wildman–Crippen MR) is 125 cm³/mol. The average Bonchev–Trinajstić information content (AvgIpc) is 3.53. The van der Waals surface area contributed by atoms with Crippen LogP contribution in [0.5, 0.6) is 5.75 Å². The zero-order chi connectivity index (χ0) is 21.1. The van der Waals surface area contributed by atoms with Crippen molar-refractivity contribution in [2.45, 2.75) is 71.2 Å². The van der Waals surface area contributed by atoms with Gasteiger partial charge in [0.2, 0.25) is 0 Å². The molecule has 0 atom stereocenters. The molecule has 0 spiro atoms. The van der Waals surface area contributed by atoms with Crippen LogP contribution in [0, 0.1) is 6.92 Å². The second-order valence-electron chi connectivity index (χ2n) is 8.45. The molecule has 158 valence electrons. The van der Waals surface area contributed by atoms with Crippen LogP contribution >= 0.6 is 11.6 Å². The van der Waals surface area contributed by atoms with Crippen LogP contribution in [0.15, 0.2) is 60.2 Å². The zero-order valence-electron chi connectivity index (χ0n) is 18.2. The Kier molecular flexibility index (Phi) is 6.36. The average molecular weight is 423 g/mol. The van der Waals surface area contributed by atoms with E-state index in [0.29, 0.717) is 12.7 Å². The summed E-state index contributed by atoms with van der Waals surface area (Å²) in [4.78, 5) is 0. The normalized spacial score (nSPS) is 18.8. The quantitative estimate of drug-likeness (QED) is 0.406. The summed E-state index contributed by atoms with van der Waals surface area (Å²) in [5.41, 5.74) is 5.61. The summed E-state index contributed by atoms with van der Waals surface area (Å²) in [5, 5.41) is 0.770. The van der Waals surface area contributed by atoms with Crippen molar-refractivity contribution in [3.63, 3.8) is 0 Å². The van der Waals surface area contributed by atoms with Gasteiger partial charge in [0.05, 0.1) is 18.3 Å². The van der Waals surface area contributed by atoms with E-state index in [-0.39, 0.29) is 5.60 Å². The van der Waals surface area contributed by atoms with Crippen LogP contribution in [-0.4, -0.2) is 11.7 Å². The Balaban J connectivity index is 1.61. The van der Waals surface area contributed by atoms with Gasteiger partial charge in [-0.05, 0) is 81.7 Å². The highest BCUT2D eigenvalue weighted by Crippen LogP contribution is 2.49. The lowest BCUT2D eigenvalue weighted by atomic mass is 9.70. The first-order chi connectivity index (χ1) is 14.6. The molecular weight excluding hydrogens is 392 g/mol. The molecule has 2 nitrogen and oxygen atoms in total. The maximum atomic E-state index is 6.64. The first-order valence-corrected chi connectivity index (χ1v) is 11.4. The standard InChI is InChI=1S/C27H31ClO2/c1-4-22(23-9-6-7-10-26(23)30-21-12-13-21)24(5-2)27(15-8-16-27)29-18-20-17-19(3)11-14-25(20)28/h4-7,9-11,14,17,21H,8,12-13,15-16,18H2,1-3H3/b22-4-,24-5+. The van der Waals surface area contributed by atoms with Gasteiger partial charge in [0, 0.05) is 10.6 Å². The summed E-state index contributed by atoms with van der Waals surface area (Å²) in [6.45, 7) is 6.84. The molecule has 2 saturated carbocycles. The summed E-state index contributed by atoms with van der Waals surface area (Å²) in [6.07, 6.45) is 10.3. The molecule has 0 bridgehead atoms. The molecule has 0 aliphatic heterocycles. The topological polar surface area (TPSA) is 18.5 Å². The van der Waals surface area contributed by atoms with Crippen molar-refractivity contribution in [3.05, 3.63) is 81.9 Å². The number of allylic oxidation sites excluding steroid dienone is 2. The number of hydrogen-bond donors (Lipinski definition) is 0. The van der Waals surface area contributed by atoms with Crippen molar-refractivity contribution >= 4 is 17.2 Å². The van der Waals surface area contributed by atoms with Crippen LogP contribution < -0.4 is 4.74 Å². The summed E-state index contributed by atoms with van der Waals surface area (Å²) >= 11 is 6.44. The number of para-hydroxylation sites is 1. The van der Waals surface area contributed by atoms with Crippen molar-refractivity contribution in [2.24, 2.45) is 0 Å². The smallest absolute Gasteiger partial charge is 0.127 e. The van der Waals surface area contributed by atoms with E-state index in [2.05, 4.69) is 63.3 Å².